The number of aromatic nitrogens is 2. The van der Waals surface area contributed by atoms with Crippen LogP contribution in [-0.2, 0) is 4.79 Å². The summed E-state index contributed by atoms with van der Waals surface area (Å²) in [6.07, 6.45) is 7.94. The molecular weight excluding hydrogens is 432 g/mol. The van der Waals surface area contributed by atoms with Gasteiger partial charge in [-0.1, -0.05) is 27.7 Å². The van der Waals surface area contributed by atoms with Gasteiger partial charge in [0.05, 0.1) is 18.3 Å². The molecule has 0 radical (unpaired) electrons. The van der Waals surface area contributed by atoms with Gasteiger partial charge in [0.15, 0.2) is 0 Å². The van der Waals surface area contributed by atoms with Crippen LogP contribution in [0.1, 0.15) is 78.1 Å². The first-order valence-electron chi connectivity index (χ1n) is 12.5. The molecule has 8 heteroatoms. The number of fused-ring (bicyclic) bond motifs is 2. The highest BCUT2D eigenvalue weighted by molar-refractivity contribution is 5.96. The molecule has 4 unspecified atom stereocenters. The lowest BCUT2D eigenvalue weighted by Gasteiger charge is -2.62. The zero-order chi connectivity index (χ0) is 25.3. The Bertz CT molecular complexity index is 918. The van der Waals surface area contributed by atoms with Crippen molar-refractivity contribution in [1.82, 2.24) is 20.4 Å². The lowest BCUT2D eigenvalue weighted by atomic mass is 9.44. The summed E-state index contributed by atoms with van der Waals surface area (Å²) in [5.74, 6) is 1.68. The summed E-state index contributed by atoms with van der Waals surface area (Å²) in [7, 11) is 0. The monoisotopic (exact) mass is 474 g/mol. The van der Waals surface area contributed by atoms with Crippen molar-refractivity contribution in [2.75, 3.05) is 13.2 Å². The molecule has 0 spiro atoms. The van der Waals surface area contributed by atoms with Crippen molar-refractivity contribution in [3.63, 3.8) is 0 Å². The molecule has 3 fully saturated rings. The van der Waals surface area contributed by atoms with Crippen LogP contribution in [0.3, 0.4) is 0 Å². The summed E-state index contributed by atoms with van der Waals surface area (Å²) >= 11 is 0. The molecule has 3 saturated carbocycles. The van der Waals surface area contributed by atoms with Gasteiger partial charge < -0.3 is 20.5 Å². The van der Waals surface area contributed by atoms with Crippen molar-refractivity contribution < 1.29 is 19.4 Å². The molecule has 190 valence electrons. The Balaban J connectivity index is 1.84. The SMILES string of the molecule is CC(=O)NC(C)(C)C=Cn1ncc(C(=O)NC2C(CCO)CC3CC2C3(C)C)c1OCC(C)C. The van der Waals surface area contributed by atoms with Gasteiger partial charge in [0.2, 0.25) is 11.8 Å². The van der Waals surface area contributed by atoms with Gasteiger partial charge in [-0.25, -0.2) is 4.68 Å². The molecule has 0 aliphatic heterocycles. The minimum atomic E-state index is -0.582. The lowest BCUT2D eigenvalue weighted by Crippen LogP contribution is -2.63. The third-order valence-corrected chi connectivity index (χ3v) is 7.55. The molecule has 1 aromatic heterocycles. The molecule has 3 aliphatic rings. The Labute approximate surface area is 203 Å². The largest absolute Gasteiger partial charge is 0.477 e. The molecule has 2 bridgehead atoms. The van der Waals surface area contributed by atoms with Crippen LogP contribution in [0, 0.1) is 29.1 Å². The number of ether oxygens (including phenoxy) is 1. The number of carbonyl (C=O) groups is 2. The van der Waals surface area contributed by atoms with Crippen LogP contribution >= 0.6 is 0 Å². The molecule has 3 aliphatic carbocycles. The van der Waals surface area contributed by atoms with E-state index in [1.807, 2.05) is 33.8 Å². The van der Waals surface area contributed by atoms with E-state index in [0.717, 1.165) is 12.8 Å². The number of nitrogens with zero attached hydrogens (tertiary/aromatic N) is 2. The van der Waals surface area contributed by atoms with Crippen LogP contribution in [0.2, 0.25) is 0 Å². The number of aliphatic hydroxyl groups is 1. The first-order chi connectivity index (χ1) is 15.9. The summed E-state index contributed by atoms with van der Waals surface area (Å²) in [6.45, 7) is 14.5. The molecule has 4 atom stereocenters. The number of aliphatic hydroxyl groups excluding tert-OH is 1. The predicted molar refractivity (Wildman–Crippen MR) is 132 cm³/mol. The van der Waals surface area contributed by atoms with Gasteiger partial charge in [-0.3, -0.25) is 9.59 Å². The van der Waals surface area contributed by atoms with Gasteiger partial charge in [-0.2, -0.15) is 5.10 Å². The third-order valence-electron chi connectivity index (χ3n) is 7.55. The highest BCUT2D eigenvalue weighted by Crippen LogP contribution is 2.61. The van der Waals surface area contributed by atoms with Crippen LogP contribution in [-0.4, -0.2) is 51.5 Å². The van der Waals surface area contributed by atoms with E-state index in [4.69, 9.17) is 4.74 Å². The minimum absolute atomic E-state index is 0.0233. The summed E-state index contributed by atoms with van der Waals surface area (Å²) in [4.78, 5) is 25.0. The highest BCUT2D eigenvalue weighted by Gasteiger charge is 2.57. The fourth-order valence-corrected chi connectivity index (χ4v) is 5.57. The van der Waals surface area contributed by atoms with Gasteiger partial charge in [0, 0.05) is 25.8 Å². The lowest BCUT2D eigenvalue weighted by molar-refractivity contribution is -0.120. The van der Waals surface area contributed by atoms with Gasteiger partial charge in [-0.05, 0) is 68.3 Å². The van der Waals surface area contributed by atoms with Crippen LogP contribution in [0.4, 0.5) is 0 Å². The second-order valence-corrected chi connectivity index (χ2v) is 11.6. The van der Waals surface area contributed by atoms with Crippen molar-refractivity contribution >= 4 is 18.0 Å². The average Bonchev–Trinajstić information content (AvgIpc) is 3.13. The van der Waals surface area contributed by atoms with E-state index in [0.29, 0.717) is 36.3 Å². The third kappa shape index (κ3) is 5.65. The smallest absolute Gasteiger partial charge is 0.258 e. The molecule has 1 heterocycles. The van der Waals surface area contributed by atoms with E-state index in [-0.39, 0.29) is 41.7 Å². The number of amides is 2. The quantitative estimate of drug-likeness (QED) is 0.482. The first-order valence-corrected chi connectivity index (χ1v) is 12.5. The molecular formula is C26H42N4O4. The normalized spacial score (nSPS) is 25.8. The van der Waals surface area contributed by atoms with Crippen LogP contribution in [0.5, 0.6) is 5.88 Å². The predicted octanol–water partition coefficient (Wildman–Crippen LogP) is 3.47. The minimum Gasteiger partial charge on any atom is -0.477 e. The first kappa shape index (κ1) is 26.3. The van der Waals surface area contributed by atoms with Crippen molar-refractivity contribution in [2.24, 2.45) is 29.1 Å². The Morgan fingerprint density at radius 1 is 1.35 bits per heavy atom. The molecule has 8 nitrogen and oxygen atoms in total. The molecule has 34 heavy (non-hydrogen) atoms. The fraction of sp³-hybridized carbons (Fsp3) is 0.731. The van der Waals surface area contributed by atoms with E-state index in [2.05, 4.69) is 29.6 Å². The molecule has 0 aromatic carbocycles. The maximum absolute atomic E-state index is 13.5. The van der Waals surface area contributed by atoms with Crippen molar-refractivity contribution in [3.05, 3.63) is 17.8 Å². The van der Waals surface area contributed by atoms with Gasteiger partial charge in [0.25, 0.3) is 5.91 Å². The van der Waals surface area contributed by atoms with Gasteiger partial charge in [-0.15, -0.1) is 0 Å². The van der Waals surface area contributed by atoms with E-state index < -0.39 is 5.54 Å². The number of nitrogens with one attached hydrogen (secondary N) is 2. The highest BCUT2D eigenvalue weighted by atomic mass is 16.5. The summed E-state index contributed by atoms with van der Waals surface area (Å²) in [5.41, 5.74) is 0.00883. The molecule has 4 rings (SSSR count). The second-order valence-electron chi connectivity index (χ2n) is 11.6. The molecule has 1 aromatic rings. The second kappa shape index (κ2) is 10.1. The maximum Gasteiger partial charge on any atom is 0.258 e. The summed E-state index contributed by atoms with van der Waals surface area (Å²) in [6, 6.07) is 0.0233. The van der Waals surface area contributed by atoms with E-state index in [9.17, 15) is 14.7 Å². The Kier molecular flexibility index (Phi) is 7.80. The maximum atomic E-state index is 13.5. The topological polar surface area (TPSA) is 105 Å². The summed E-state index contributed by atoms with van der Waals surface area (Å²) < 4.78 is 7.59. The van der Waals surface area contributed by atoms with Crippen LogP contribution < -0.4 is 15.4 Å². The van der Waals surface area contributed by atoms with Crippen LogP contribution in [0.15, 0.2) is 12.3 Å². The summed E-state index contributed by atoms with van der Waals surface area (Å²) in [5, 5.41) is 20.1. The molecule has 0 saturated heterocycles. The average molecular weight is 475 g/mol. The van der Waals surface area contributed by atoms with Crippen molar-refractivity contribution in [1.29, 1.82) is 0 Å². The number of rotatable bonds is 10. The zero-order valence-corrected chi connectivity index (χ0v) is 21.7. The molecule has 3 N–H and O–H groups in total. The van der Waals surface area contributed by atoms with E-state index >= 15 is 0 Å². The van der Waals surface area contributed by atoms with Crippen molar-refractivity contribution in [2.45, 2.75) is 79.3 Å². The van der Waals surface area contributed by atoms with E-state index in [1.165, 1.54) is 6.92 Å². The van der Waals surface area contributed by atoms with Gasteiger partial charge in [0.1, 0.15) is 5.56 Å². The molecule has 2 amide bonds. The fourth-order valence-electron chi connectivity index (χ4n) is 5.57. The van der Waals surface area contributed by atoms with Crippen LogP contribution in [0.25, 0.3) is 6.20 Å². The Hall–Kier alpha value is -2.35. The standard InChI is InChI=1S/C26H42N4O4/c1-16(2)15-34-24-20(14-27-30(24)10-9-25(4,5)29-17(3)32)23(33)28-22-18(8-11-31)12-19-13-21(22)26(19,6)7/h9-10,14,16,18-19,21-22,31H,8,11-13,15H2,1-7H3,(H,28,33)(H,29,32). The Morgan fingerprint density at radius 2 is 2.06 bits per heavy atom. The number of hydrogen-bond acceptors (Lipinski definition) is 5. The number of carbonyl (C=O) groups excluding carboxylic acids is 2. The van der Waals surface area contributed by atoms with Crippen molar-refractivity contribution in [3.8, 4) is 5.88 Å². The Morgan fingerprint density at radius 3 is 2.65 bits per heavy atom. The van der Waals surface area contributed by atoms with Gasteiger partial charge >= 0.3 is 0 Å². The zero-order valence-electron chi connectivity index (χ0n) is 21.7. The number of hydrogen-bond donors (Lipinski definition) is 3. The van der Waals surface area contributed by atoms with E-state index in [1.54, 1.807) is 17.1 Å².